The number of hydrogen-bond acceptors (Lipinski definition) is 4. The third kappa shape index (κ3) is 3.33. The molecule has 0 spiro atoms. The molecular formula is C18H14N4. The summed E-state index contributed by atoms with van der Waals surface area (Å²) in [7, 11) is 0. The second-order valence-corrected chi connectivity index (χ2v) is 4.61. The average molecular weight is 286 g/mol. The lowest BCUT2D eigenvalue weighted by atomic mass is 10.0. The Balaban J connectivity index is 2.27. The molecule has 0 saturated heterocycles. The molecule has 0 amide bonds. The second-order valence-electron chi connectivity index (χ2n) is 4.61. The number of nitrogens with two attached hydrogens (primary N) is 2. The summed E-state index contributed by atoms with van der Waals surface area (Å²) in [5, 5.41) is 17.2. The van der Waals surface area contributed by atoms with Gasteiger partial charge in [-0.05, 0) is 22.3 Å². The highest BCUT2D eigenvalue weighted by Crippen LogP contribution is 2.22. The monoisotopic (exact) mass is 286 g/mol. The van der Waals surface area contributed by atoms with Crippen LogP contribution in [0.1, 0.15) is 11.1 Å². The molecule has 0 heterocycles. The van der Waals surface area contributed by atoms with E-state index in [2.05, 4.69) is 0 Å². The molecule has 4 heteroatoms. The summed E-state index contributed by atoms with van der Waals surface area (Å²) in [5.74, 6) is 0. The highest BCUT2D eigenvalue weighted by Gasteiger charge is 2.01. The molecule has 2 aromatic carbocycles. The predicted molar refractivity (Wildman–Crippen MR) is 87.4 cm³/mol. The average Bonchev–Trinajstić information content (AvgIpc) is 2.55. The third-order valence-electron chi connectivity index (χ3n) is 3.21. The van der Waals surface area contributed by atoms with Gasteiger partial charge in [-0.1, -0.05) is 48.5 Å². The predicted octanol–water partition coefficient (Wildman–Crippen LogP) is 3.00. The van der Waals surface area contributed by atoms with E-state index >= 15 is 0 Å². The molecule has 0 fully saturated rings. The van der Waals surface area contributed by atoms with Gasteiger partial charge in [0.25, 0.3) is 0 Å². The summed E-state index contributed by atoms with van der Waals surface area (Å²) in [6, 6.07) is 19.1. The van der Waals surface area contributed by atoms with Crippen LogP contribution in [0.25, 0.3) is 22.5 Å². The zero-order valence-electron chi connectivity index (χ0n) is 11.8. The molecule has 0 bridgehead atoms. The van der Waals surface area contributed by atoms with Crippen LogP contribution < -0.4 is 11.5 Å². The Bertz CT molecular complexity index is 727. The number of nitrogens with zero attached hydrogens (tertiary/aromatic N) is 2. The van der Waals surface area contributed by atoms with Crippen molar-refractivity contribution in [1.82, 2.24) is 0 Å². The lowest BCUT2D eigenvalue weighted by Crippen LogP contribution is -1.96. The van der Waals surface area contributed by atoms with Crippen LogP contribution in [0.15, 0.2) is 60.7 Å². The first-order valence-corrected chi connectivity index (χ1v) is 6.57. The molecule has 4 nitrogen and oxygen atoms in total. The Hall–Kier alpha value is -3.50. The van der Waals surface area contributed by atoms with Gasteiger partial charge < -0.3 is 11.5 Å². The minimum absolute atomic E-state index is 0.443. The summed E-state index contributed by atoms with van der Waals surface area (Å²) >= 11 is 0. The lowest BCUT2D eigenvalue weighted by Gasteiger charge is -2.06. The van der Waals surface area contributed by atoms with Crippen LogP contribution in [0.3, 0.4) is 0 Å². The van der Waals surface area contributed by atoms with Gasteiger partial charge in [-0.3, -0.25) is 0 Å². The Labute approximate surface area is 129 Å². The summed E-state index contributed by atoms with van der Waals surface area (Å²) < 4.78 is 0. The fourth-order valence-corrected chi connectivity index (χ4v) is 2.02. The molecule has 2 aromatic rings. The largest absolute Gasteiger partial charge is 0.398 e. The standard InChI is InChI=1S/C18H14N4/c19-11-9-17(21)15-5-1-13(2-6-15)14-3-7-16(8-4-14)18(22)10-12-20/h1-10H,21-22H2. The summed E-state index contributed by atoms with van der Waals surface area (Å²) in [6.45, 7) is 0. The van der Waals surface area contributed by atoms with Gasteiger partial charge in [0.2, 0.25) is 0 Å². The molecule has 0 unspecified atom stereocenters. The normalized spacial score (nSPS) is 11.5. The highest BCUT2D eigenvalue weighted by atomic mass is 14.6. The number of hydrogen-bond donors (Lipinski definition) is 2. The van der Waals surface area contributed by atoms with Crippen molar-refractivity contribution < 1.29 is 0 Å². The van der Waals surface area contributed by atoms with Crippen molar-refractivity contribution in [2.24, 2.45) is 11.5 Å². The van der Waals surface area contributed by atoms with Crippen LogP contribution in [0, 0.1) is 22.7 Å². The number of nitriles is 2. The van der Waals surface area contributed by atoms with Crippen molar-refractivity contribution in [3.8, 4) is 23.3 Å². The minimum atomic E-state index is 0.443. The molecule has 0 aliphatic heterocycles. The van der Waals surface area contributed by atoms with E-state index in [9.17, 15) is 0 Å². The first kappa shape index (κ1) is 14.9. The van der Waals surface area contributed by atoms with Gasteiger partial charge in [0.1, 0.15) is 0 Å². The van der Waals surface area contributed by atoms with Gasteiger partial charge in [0.15, 0.2) is 0 Å². The summed E-state index contributed by atoms with van der Waals surface area (Å²) in [4.78, 5) is 0. The molecule has 2 rings (SSSR count). The van der Waals surface area contributed by atoms with Crippen molar-refractivity contribution in [3.05, 3.63) is 71.8 Å². The summed E-state index contributed by atoms with van der Waals surface area (Å²) in [5.41, 5.74) is 16.1. The van der Waals surface area contributed by atoms with E-state index < -0.39 is 0 Å². The van der Waals surface area contributed by atoms with Crippen LogP contribution in [-0.4, -0.2) is 0 Å². The van der Waals surface area contributed by atoms with Crippen molar-refractivity contribution in [3.63, 3.8) is 0 Å². The molecule has 0 atom stereocenters. The Morgan fingerprint density at radius 1 is 0.682 bits per heavy atom. The van der Waals surface area contributed by atoms with E-state index in [0.717, 1.165) is 22.3 Å². The van der Waals surface area contributed by atoms with Gasteiger partial charge in [-0.15, -0.1) is 0 Å². The zero-order valence-corrected chi connectivity index (χ0v) is 11.8. The van der Waals surface area contributed by atoms with Gasteiger partial charge in [-0.2, -0.15) is 10.5 Å². The number of rotatable bonds is 3. The smallest absolute Gasteiger partial charge is 0.0933 e. The molecule has 0 radical (unpaired) electrons. The molecule has 106 valence electrons. The van der Waals surface area contributed by atoms with Crippen molar-refractivity contribution in [1.29, 1.82) is 10.5 Å². The van der Waals surface area contributed by atoms with E-state index in [1.54, 1.807) is 0 Å². The first-order chi connectivity index (χ1) is 10.7. The SMILES string of the molecule is N#CC=C(N)c1ccc(-c2ccc(C(N)=CC#N)cc2)cc1. The fraction of sp³-hybridized carbons (Fsp3) is 0. The Morgan fingerprint density at radius 3 is 1.27 bits per heavy atom. The number of benzene rings is 2. The van der Waals surface area contributed by atoms with Crippen LogP contribution in [0.5, 0.6) is 0 Å². The maximum atomic E-state index is 8.60. The first-order valence-electron chi connectivity index (χ1n) is 6.57. The van der Waals surface area contributed by atoms with Gasteiger partial charge in [0.05, 0.1) is 12.1 Å². The van der Waals surface area contributed by atoms with Crippen molar-refractivity contribution >= 4 is 11.4 Å². The third-order valence-corrected chi connectivity index (χ3v) is 3.21. The van der Waals surface area contributed by atoms with Crippen molar-refractivity contribution in [2.45, 2.75) is 0 Å². The quantitative estimate of drug-likeness (QED) is 0.847. The number of allylic oxidation sites excluding steroid dienone is 2. The van der Waals surface area contributed by atoms with E-state index in [1.807, 2.05) is 60.7 Å². The van der Waals surface area contributed by atoms with Crippen LogP contribution in [0.2, 0.25) is 0 Å². The zero-order chi connectivity index (χ0) is 15.9. The maximum absolute atomic E-state index is 8.60. The molecule has 0 aromatic heterocycles. The molecule has 0 saturated carbocycles. The van der Waals surface area contributed by atoms with Crippen molar-refractivity contribution in [2.75, 3.05) is 0 Å². The summed E-state index contributed by atoms with van der Waals surface area (Å²) in [6.07, 6.45) is 2.63. The fourth-order valence-electron chi connectivity index (χ4n) is 2.02. The Morgan fingerprint density at radius 2 is 1.00 bits per heavy atom. The maximum Gasteiger partial charge on any atom is 0.0933 e. The van der Waals surface area contributed by atoms with Crippen LogP contribution in [0.4, 0.5) is 0 Å². The van der Waals surface area contributed by atoms with Gasteiger partial charge in [-0.25, -0.2) is 0 Å². The molecule has 4 N–H and O–H groups in total. The van der Waals surface area contributed by atoms with E-state index in [0.29, 0.717) is 11.4 Å². The van der Waals surface area contributed by atoms with Crippen LogP contribution >= 0.6 is 0 Å². The van der Waals surface area contributed by atoms with E-state index in [-0.39, 0.29) is 0 Å². The second kappa shape index (κ2) is 6.78. The molecule has 0 aliphatic carbocycles. The van der Waals surface area contributed by atoms with Gasteiger partial charge in [0, 0.05) is 23.5 Å². The van der Waals surface area contributed by atoms with Crippen LogP contribution in [-0.2, 0) is 0 Å². The Kier molecular flexibility index (Phi) is 4.59. The van der Waals surface area contributed by atoms with E-state index in [4.69, 9.17) is 22.0 Å². The molecule has 22 heavy (non-hydrogen) atoms. The van der Waals surface area contributed by atoms with E-state index in [1.165, 1.54) is 12.2 Å². The lowest BCUT2D eigenvalue weighted by molar-refractivity contribution is 1.47. The van der Waals surface area contributed by atoms with Gasteiger partial charge >= 0.3 is 0 Å². The highest BCUT2D eigenvalue weighted by molar-refractivity contribution is 5.72. The topological polar surface area (TPSA) is 99.6 Å². The molecular weight excluding hydrogens is 272 g/mol. The minimum Gasteiger partial charge on any atom is -0.398 e. The molecule has 0 aliphatic rings.